The van der Waals surface area contributed by atoms with E-state index in [1.807, 2.05) is 38.1 Å². The van der Waals surface area contributed by atoms with E-state index in [1.165, 1.54) is 0 Å². The molecule has 0 amide bonds. The highest BCUT2D eigenvalue weighted by Gasteiger charge is 2.11. The van der Waals surface area contributed by atoms with Crippen molar-refractivity contribution in [1.29, 1.82) is 0 Å². The third-order valence-corrected chi connectivity index (χ3v) is 2.57. The number of hydrogen-bond donors (Lipinski definition) is 1. The van der Waals surface area contributed by atoms with Crippen LogP contribution < -0.4 is 0 Å². The zero-order valence-electron chi connectivity index (χ0n) is 8.40. The van der Waals surface area contributed by atoms with Crippen LogP contribution in [0, 0.1) is 0 Å². The topological polar surface area (TPSA) is 29.5 Å². The van der Waals surface area contributed by atoms with E-state index >= 15 is 0 Å². The molecule has 78 valence electrons. The molecule has 1 unspecified atom stereocenters. The second-order valence-electron chi connectivity index (χ2n) is 3.42. The Kier molecular flexibility index (Phi) is 4.58. The molecule has 1 N–H and O–H groups in total. The first kappa shape index (κ1) is 11.7. The summed E-state index contributed by atoms with van der Waals surface area (Å²) in [6.45, 7) is 4.24. The smallest absolute Gasteiger partial charge is 0.103 e. The Morgan fingerprint density at radius 2 is 2.00 bits per heavy atom. The lowest BCUT2D eigenvalue weighted by Crippen LogP contribution is -2.12. The number of aliphatic hydroxyl groups is 1. The third-order valence-electron chi connectivity index (χ3n) is 1.85. The summed E-state index contributed by atoms with van der Waals surface area (Å²) in [5, 5.41) is 9.80. The molecule has 2 nitrogen and oxygen atoms in total. The molecule has 0 spiro atoms. The molecule has 0 radical (unpaired) electrons. The van der Waals surface area contributed by atoms with Crippen LogP contribution in [0.3, 0.4) is 0 Å². The molecule has 0 aromatic heterocycles. The van der Waals surface area contributed by atoms with Crippen molar-refractivity contribution < 1.29 is 9.84 Å². The van der Waals surface area contributed by atoms with Gasteiger partial charge in [0.15, 0.2) is 0 Å². The Hall–Kier alpha value is -0.380. The van der Waals surface area contributed by atoms with Gasteiger partial charge in [0, 0.05) is 4.47 Å². The molecule has 14 heavy (non-hydrogen) atoms. The van der Waals surface area contributed by atoms with Gasteiger partial charge in [-0.05, 0) is 25.5 Å². The monoisotopic (exact) mass is 258 g/mol. The molecular weight excluding hydrogens is 244 g/mol. The SMILES string of the molecule is CC(C)OCC(O)c1ccccc1Br. The number of rotatable bonds is 4. The number of benzene rings is 1. The summed E-state index contributed by atoms with van der Waals surface area (Å²) in [4.78, 5) is 0. The van der Waals surface area contributed by atoms with Crippen molar-refractivity contribution in [2.45, 2.75) is 26.1 Å². The summed E-state index contributed by atoms with van der Waals surface area (Å²) in [5.41, 5.74) is 0.869. The largest absolute Gasteiger partial charge is 0.386 e. The molecule has 1 rings (SSSR count). The van der Waals surface area contributed by atoms with Crippen molar-refractivity contribution in [3.8, 4) is 0 Å². The summed E-state index contributed by atoms with van der Waals surface area (Å²) in [6, 6.07) is 7.62. The number of ether oxygens (including phenoxy) is 1. The van der Waals surface area contributed by atoms with Gasteiger partial charge < -0.3 is 9.84 Å². The maximum atomic E-state index is 9.80. The summed E-state index contributed by atoms with van der Waals surface area (Å²) in [7, 11) is 0. The Balaban J connectivity index is 2.60. The van der Waals surface area contributed by atoms with Gasteiger partial charge in [0.2, 0.25) is 0 Å². The van der Waals surface area contributed by atoms with E-state index in [-0.39, 0.29) is 6.10 Å². The van der Waals surface area contributed by atoms with Crippen LogP contribution in [0.1, 0.15) is 25.5 Å². The summed E-state index contributed by atoms with van der Waals surface area (Å²) in [5.74, 6) is 0. The predicted octanol–water partition coefficient (Wildman–Crippen LogP) is 2.91. The molecule has 1 aromatic rings. The first-order valence-electron chi connectivity index (χ1n) is 4.65. The highest BCUT2D eigenvalue weighted by Crippen LogP contribution is 2.23. The molecule has 0 saturated carbocycles. The van der Waals surface area contributed by atoms with Crippen LogP contribution in [0.5, 0.6) is 0 Å². The summed E-state index contributed by atoms with van der Waals surface area (Å²) < 4.78 is 6.26. The molecule has 3 heteroatoms. The Bertz CT molecular complexity index is 286. The second-order valence-corrected chi connectivity index (χ2v) is 4.27. The normalized spacial score (nSPS) is 13.2. The quantitative estimate of drug-likeness (QED) is 0.900. The van der Waals surface area contributed by atoms with Crippen molar-refractivity contribution in [3.63, 3.8) is 0 Å². The van der Waals surface area contributed by atoms with Gasteiger partial charge in [-0.3, -0.25) is 0 Å². The van der Waals surface area contributed by atoms with E-state index < -0.39 is 6.10 Å². The predicted molar refractivity (Wildman–Crippen MR) is 60.2 cm³/mol. The van der Waals surface area contributed by atoms with Gasteiger partial charge in [0.05, 0.1) is 12.7 Å². The van der Waals surface area contributed by atoms with Crippen molar-refractivity contribution in [2.75, 3.05) is 6.61 Å². The van der Waals surface area contributed by atoms with E-state index in [9.17, 15) is 5.11 Å². The van der Waals surface area contributed by atoms with Gasteiger partial charge in [-0.25, -0.2) is 0 Å². The van der Waals surface area contributed by atoms with Crippen LogP contribution in [-0.4, -0.2) is 17.8 Å². The zero-order chi connectivity index (χ0) is 10.6. The fourth-order valence-electron chi connectivity index (χ4n) is 1.12. The number of halogens is 1. The van der Waals surface area contributed by atoms with Crippen LogP contribution in [-0.2, 0) is 4.74 Å². The Morgan fingerprint density at radius 3 is 2.57 bits per heavy atom. The fraction of sp³-hybridized carbons (Fsp3) is 0.455. The van der Waals surface area contributed by atoms with Crippen LogP contribution in [0.25, 0.3) is 0 Å². The maximum absolute atomic E-state index is 9.80. The van der Waals surface area contributed by atoms with Crippen molar-refractivity contribution >= 4 is 15.9 Å². The van der Waals surface area contributed by atoms with E-state index in [0.717, 1.165) is 10.0 Å². The number of hydrogen-bond acceptors (Lipinski definition) is 2. The Labute approximate surface area is 93.0 Å². The molecular formula is C11H15BrO2. The first-order valence-corrected chi connectivity index (χ1v) is 5.44. The molecule has 0 aliphatic carbocycles. The average molecular weight is 259 g/mol. The van der Waals surface area contributed by atoms with Gasteiger partial charge >= 0.3 is 0 Å². The van der Waals surface area contributed by atoms with E-state index in [4.69, 9.17) is 4.74 Å². The Morgan fingerprint density at radius 1 is 1.36 bits per heavy atom. The summed E-state index contributed by atoms with van der Waals surface area (Å²) >= 11 is 3.39. The highest BCUT2D eigenvalue weighted by atomic mass is 79.9. The lowest BCUT2D eigenvalue weighted by molar-refractivity contribution is 0.00466. The first-order chi connectivity index (χ1) is 6.61. The lowest BCUT2D eigenvalue weighted by atomic mass is 10.1. The van der Waals surface area contributed by atoms with E-state index in [0.29, 0.717) is 6.61 Å². The maximum Gasteiger partial charge on any atom is 0.103 e. The summed E-state index contributed by atoms with van der Waals surface area (Å²) in [6.07, 6.45) is -0.417. The second kappa shape index (κ2) is 5.49. The lowest BCUT2D eigenvalue weighted by Gasteiger charge is -2.14. The molecule has 0 bridgehead atoms. The van der Waals surface area contributed by atoms with E-state index in [1.54, 1.807) is 0 Å². The minimum Gasteiger partial charge on any atom is -0.386 e. The van der Waals surface area contributed by atoms with Gasteiger partial charge in [-0.15, -0.1) is 0 Å². The molecule has 0 saturated heterocycles. The van der Waals surface area contributed by atoms with Crippen molar-refractivity contribution in [1.82, 2.24) is 0 Å². The van der Waals surface area contributed by atoms with Crippen LogP contribution in [0.4, 0.5) is 0 Å². The zero-order valence-corrected chi connectivity index (χ0v) is 9.99. The molecule has 0 aliphatic heterocycles. The van der Waals surface area contributed by atoms with Crippen molar-refractivity contribution in [3.05, 3.63) is 34.3 Å². The molecule has 0 heterocycles. The van der Waals surface area contributed by atoms with Crippen molar-refractivity contribution in [2.24, 2.45) is 0 Å². The van der Waals surface area contributed by atoms with Gasteiger partial charge in [0.25, 0.3) is 0 Å². The minimum absolute atomic E-state index is 0.145. The van der Waals surface area contributed by atoms with Gasteiger partial charge in [-0.2, -0.15) is 0 Å². The van der Waals surface area contributed by atoms with Gasteiger partial charge in [0.1, 0.15) is 6.10 Å². The fourth-order valence-corrected chi connectivity index (χ4v) is 1.67. The molecule has 1 atom stereocenters. The minimum atomic E-state index is -0.562. The standard InChI is InChI=1S/C11H15BrO2/c1-8(2)14-7-11(13)9-5-3-4-6-10(9)12/h3-6,8,11,13H,7H2,1-2H3. The van der Waals surface area contributed by atoms with Gasteiger partial charge in [-0.1, -0.05) is 34.1 Å². The van der Waals surface area contributed by atoms with E-state index in [2.05, 4.69) is 15.9 Å². The highest BCUT2D eigenvalue weighted by molar-refractivity contribution is 9.10. The molecule has 0 fully saturated rings. The van der Waals surface area contributed by atoms with Crippen LogP contribution in [0.2, 0.25) is 0 Å². The molecule has 1 aromatic carbocycles. The van der Waals surface area contributed by atoms with Crippen LogP contribution >= 0.6 is 15.9 Å². The third kappa shape index (κ3) is 3.40. The van der Waals surface area contributed by atoms with Crippen LogP contribution in [0.15, 0.2) is 28.7 Å². The number of aliphatic hydroxyl groups excluding tert-OH is 1. The average Bonchev–Trinajstić information content (AvgIpc) is 2.15. The molecule has 0 aliphatic rings.